The molecule has 0 unspecified atom stereocenters. The number of nitrogens with zero attached hydrogens (tertiary/aromatic N) is 2. The van der Waals surface area contributed by atoms with E-state index in [4.69, 9.17) is 5.73 Å². The molecule has 0 aliphatic heterocycles. The van der Waals surface area contributed by atoms with E-state index in [1.54, 1.807) is 12.1 Å². The number of nitrogen functional groups attached to an aromatic ring is 1. The lowest BCUT2D eigenvalue weighted by molar-refractivity contribution is 0.172. The first-order valence-electron chi connectivity index (χ1n) is 5.02. The molecule has 0 aliphatic rings. The largest absolute Gasteiger partial charge is 0.427 e. The highest BCUT2D eigenvalue weighted by molar-refractivity contribution is 7.90. The van der Waals surface area contributed by atoms with E-state index < -0.39 is 10.0 Å². The number of nitrogens with two attached hydrogens (primary N) is 1. The van der Waals surface area contributed by atoms with Crippen LogP contribution in [0, 0.1) is 0 Å². The van der Waals surface area contributed by atoms with E-state index in [-0.39, 0.29) is 10.4 Å². The van der Waals surface area contributed by atoms with Gasteiger partial charge in [-0.1, -0.05) is 6.07 Å². The van der Waals surface area contributed by atoms with Gasteiger partial charge in [0.2, 0.25) is 0 Å². The molecule has 7 heteroatoms. The van der Waals surface area contributed by atoms with Crippen molar-refractivity contribution >= 4 is 15.7 Å². The average Bonchev–Trinajstić information content (AvgIpc) is 2.32. The molecule has 94 valence electrons. The van der Waals surface area contributed by atoms with Crippen LogP contribution >= 0.6 is 0 Å². The van der Waals surface area contributed by atoms with E-state index in [2.05, 4.69) is 4.40 Å². The molecule has 0 aliphatic carbocycles. The third kappa shape index (κ3) is 2.51. The Morgan fingerprint density at radius 3 is 2.39 bits per heavy atom. The maximum Gasteiger partial charge on any atom is 0.284 e. The molecule has 0 spiro atoms. The Morgan fingerprint density at radius 1 is 1.11 bits per heavy atom. The molecule has 0 atom stereocenters. The van der Waals surface area contributed by atoms with Gasteiger partial charge in [0.1, 0.15) is 0 Å². The molecule has 1 aromatic carbocycles. The monoisotopic (exact) mass is 265 g/mol. The summed E-state index contributed by atoms with van der Waals surface area (Å²) in [7, 11) is -3.86. The first kappa shape index (κ1) is 12.2. The average molecular weight is 265 g/mol. The Morgan fingerprint density at radius 2 is 1.78 bits per heavy atom. The van der Waals surface area contributed by atoms with Crippen LogP contribution in [0.2, 0.25) is 0 Å². The van der Waals surface area contributed by atoms with Gasteiger partial charge in [0.15, 0.2) is 5.49 Å². The molecule has 0 radical (unpaired) electrons. The number of benzene rings is 1. The van der Waals surface area contributed by atoms with E-state index in [0.29, 0.717) is 10.4 Å². The molecule has 0 saturated carbocycles. The quantitative estimate of drug-likeness (QED) is 0.613. The zero-order chi connectivity index (χ0) is 13.2. The third-order valence-electron chi connectivity index (χ3n) is 2.21. The third-order valence-corrected chi connectivity index (χ3v) is 3.51. The van der Waals surface area contributed by atoms with E-state index in [1.807, 2.05) is 0 Å². The molecule has 18 heavy (non-hydrogen) atoms. The lowest BCUT2D eigenvalue weighted by Crippen LogP contribution is -2.19. The fraction of sp³-hybridized carbons (Fsp3) is 0. The second-order valence-corrected chi connectivity index (χ2v) is 5.14. The molecule has 3 N–H and O–H groups in total. The summed E-state index contributed by atoms with van der Waals surface area (Å²) >= 11 is 0. The highest BCUT2D eigenvalue weighted by Gasteiger charge is 2.12. The second-order valence-electron chi connectivity index (χ2n) is 3.54. The normalized spacial score (nSPS) is 12.6. The zero-order valence-corrected chi connectivity index (χ0v) is 10.1. The molecule has 0 fully saturated rings. The van der Waals surface area contributed by atoms with Crippen molar-refractivity contribution in [2.45, 2.75) is 4.90 Å². The van der Waals surface area contributed by atoms with Crippen molar-refractivity contribution in [2.75, 3.05) is 5.73 Å². The summed E-state index contributed by atoms with van der Waals surface area (Å²) in [4.78, 5) is 0.0144. The van der Waals surface area contributed by atoms with Crippen LogP contribution < -0.4 is 11.2 Å². The molecule has 0 bridgehead atoms. The van der Waals surface area contributed by atoms with Gasteiger partial charge in [-0.3, -0.25) is 0 Å². The lowest BCUT2D eigenvalue weighted by atomic mass is 10.3. The summed E-state index contributed by atoms with van der Waals surface area (Å²) in [6, 6.07) is 10.2. The summed E-state index contributed by atoms with van der Waals surface area (Å²) in [6.07, 6.45) is 1.29. The van der Waals surface area contributed by atoms with Crippen molar-refractivity contribution in [3.63, 3.8) is 0 Å². The maximum atomic E-state index is 11.9. The fourth-order valence-corrected chi connectivity index (χ4v) is 2.29. The number of anilines is 1. The summed E-state index contributed by atoms with van der Waals surface area (Å²) in [6.45, 7) is 0. The van der Waals surface area contributed by atoms with Crippen molar-refractivity contribution in [3.05, 3.63) is 54.1 Å². The number of aromatic nitrogens is 1. The van der Waals surface area contributed by atoms with E-state index in [1.165, 1.54) is 36.5 Å². The molecule has 1 aromatic heterocycles. The highest BCUT2D eigenvalue weighted by Crippen LogP contribution is 2.13. The minimum absolute atomic E-state index is 0.0144. The smallest absolute Gasteiger partial charge is 0.284 e. The maximum absolute atomic E-state index is 11.9. The van der Waals surface area contributed by atoms with Crippen molar-refractivity contribution < 1.29 is 13.6 Å². The van der Waals surface area contributed by atoms with Gasteiger partial charge in [-0.05, 0) is 36.4 Å². The molecule has 2 rings (SSSR count). The molecule has 2 aromatic rings. The van der Waals surface area contributed by atoms with Crippen molar-refractivity contribution in [3.8, 4) is 0 Å². The first-order chi connectivity index (χ1) is 8.49. The molecular formula is C11H11N3O3S. The Bertz CT molecular complexity index is 718. The minimum Gasteiger partial charge on any atom is -0.427 e. The number of sulfonamides is 1. The summed E-state index contributed by atoms with van der Waals surface area (Å²) in [5, 5.41) is 9.40. The Kier molecular flexibility index (Phi) is 3.07. The Balaban J connectivity index is 2.55. The zero-order valence-electron chi connectivity index (χ0n) is 9.26. The summed E-state index contributed by atoms with van der Waals surface area (Å²) in [5.74, 6) is 0. The van der Waals surface area contributed by atoms with E-state index >= 15 is 0 Å². The minimum atomic E-state index is -3.86. The highest BCUT2D eigenvalue weighted by atomic mass is 32.2. The van der Waals surface area contributed by atoms with Crippen molar-refractivity contribution in [1.29, 1.82) is 0 Å². The summed E-state index contributed by atoms with van der Waals surface area (Å²) < 4.78 is 28.0. The van der Waals surface area contributed by atoms with Crippen LogP contribution in [0.4, 0.5) is 5.69 Å². The number of rotatable bonds is 2. The van der Waals surface area contributed by atoms with Crippen LogP contribution in [-0.4, -0.2) is 18.4 Å². The van der Waals surface area contributed by atoms with Gasteiger partial charge in [-0.2, -0.15) is 13.1 Å². The van der Waals surface area contributed by atoms with E-state index in [9.17, 15) is 13.6 Å². The number of hydrogen-bond donors (Lipinski definition) is 2. The molecule has 0 amide bonds. The fourth-order valence-electron chi connectivity index (χ4n) is 1.31. The van der Waals surface area contributed by atoms with Crippen molar-refractivity contribution in [2.24, 2.45) is 4.40 Å². The standard InChI is InChI=1S/C11H11N3O3S/c12-9-4-6-10(7-5-9)18(16,17)13-11-3-1-2-8-14(11)15/h1-8,15H,12H2. The number of pyridine rings is 1. The molecule has 0 saturated heterocycles. The van der Waals surface area contributed by atoms with Crippen molar-refractivity contribution in [1.82, 2.24) is 4.73 Å². The van der Waals surface area contributed by atoms with Gasteiger partial charge < -0.3 is 10.9 Å². The summed E-state index contributed by atoms with van der Waals surface area (Å²) in [5.41, 5.74) is 5.87. The second kappa shape index (κ2) is 4.53. The van der Waals surface area contributed by atoms with Gasteiger partial charge in [0.25, 0.3) is 10.0 Å². The van der Waals surface area contributed by atoms with Gasteiger partial charge in [-0.25, -0.2) is 0 Å². The number of hydrogen-bond acceptors (Lipinski definition) is 4. The lowest BCUT2D eigenvalue weighted by Gasteiger charge is -2.00. The Hall–Kier alpha value is -2.28. The predicted molar refractivity (Wildman–Crippen MR) is 65.2 cm³/mol. The van der Waals surface area contributed by atoms with E-state index in [0.717, 1.165) is 0 Å². The first-order valence-corrected chi connectivity index (χ1v) is 6.46. The van der Waals surface area contributed by atoms with Crippen LogP contribution in [0.5, 0.6) is 0 Å². The van der Waals surface area contributed by atoms with Gasteiger partial charge >= 0.3 is 0 Å². The van der Waals surface area contributed by atoms with Gasteiger partial charge in [-0.15, -0.1) is 4.40 Å². The molecular weight excluding hydrogens is 254 g/mol. The van der Waals surface area contributed by atoms with Gasteiger partial charge in [0, 0.05) is 11.9 Å². The van der Waals surface area contributed by atoms with Crippen LogP contribution in [0.25, 0.3) is 0 Å². The van der Waals surface area contributed by atoms with Gasteiger partial charge in [0.05, 0.1) is 4.90 Å². The van der Waals surface area contributed by atoms with Crippen LogP contribution in [0.1, 0.15) is 0 Å². The predicted octanol–water partition coefficient (Wildman–Crippen LogP) is 0.597. The topological polar surface area (TPSA) is 97.7 Å². The molecule has 6 nitrogen and oxygen atoms in total. The Labute approximate surface area is 104 Å². The van der Waals surface area contributed by atoms with Crippen LogP contribution in [0.15, 0.2) is 58.0 Å². The SMILES string of the molecule is Nc1ccc(S(=O)(=O)N=c2ccccn2O)cc1. The van der Waals surface area contributed by atoms with Crippen LogP contribution in [-0.2, 0) is 10.0 Å². The molecule has 1 heterocycles. The van der Waals surface area contributed by atoms with Crippen LogP contribution in [0.3, 0.4) is 0 Å².